The van der Waals surface area contributed by atoms with Gasteiger partial charge in [0.05, 0.1) is 17.8 Å². The molecule has 0 saturated heterocycles. The minimum absolute atomic E-state index is 0.329. The Hall–Kier alpha value is -1.96. The fourth-order valence-corrected chi connectivity index (χ4v) is 2.41. The van der Waals surface area contributed by atoms with Crippen molar-refractivity contribution in [3.63, 3.8) is 0 Å². The Morgan fingerprint density at radius 2 is 2.40 bits per heavy atom. The van der Waals surface area contributed by atoms with Crippen LogP contribution in [-0.2, 0) is 0 Å². The number of rotatable bonds is 3. The zero-order valence-electron chi connectivity index (χ0n) is 11.0. The zero-order valence-corrected chi connectivity index (χ0v) is 11.8. The van der Waals surface area contributed by atoms with Gasteiger partial charge in [-0.05, 0) is 11.8 Å². The first-order valence-corrected chi connectivity index (χ1v) is 6.78. The molecule has 0 aromatic carbocycles. The molecule has 1 aliphatic rings. The molecule has 0 aliphatic carbocycles. The van der Waals surface area contributed by atoms with Crippen LogP contribution in [0, 0.1) is 5.82 Å². The summed E-state index contributed by atoms with van der Waals surface area (Å²) in [7, 11) is 3.41. The molecular formula is C12H13FN4O2S. The maximum Gasteiger partial charge on any atom is 0.356 e. The number of hydrogen-bond acceptors (Lipinski definition) is 5. The van der Waals surface area contributed by atoms with Gasteiger partial charge in [-0.2, -0.15) is 4.98 Å². The molecule has 0 spiro atoms. The lowest BCUT2D eigenvalue weighted by atomic mass is 10.3. The van der Waals surface area contributed by atoms with E-state index >= 15 is 0 Å². The van der Waals surface area contributed by atoms with Crippen LogP contribution in [0.1, 0.15) is 11.2 Å². The van der Waals surface area contributed by atoms with Crippen molar-refractivity contribution >= 4 is 29.8 Å². The Labute approximate surface area is 119 Å². The lowest BCUT2D eigenvalue weighted by Crippen LogP contribution is -2.34. The molecule has 106 valence electrons. The number of carbonyl (C=O) groups excluding carboxylic acids is 1. The van der Waals surface area contributed by atoms with Crippen LogP contribution < -0.4 is 5.69 Å². The summed E-state index contributed by atoms with van der Waals surface area (Å²) < 4.78 is 14.5. The van der Waals surface area contributed by atoms with Crippen molar-refractivity contribution in [2.75, 3.05) is 14.1 Å². The molecule has 8 heteroatoms. The Bertz CT molecular complexity index is 631. The van der Waals surface area contributed by atoms with Gasteiger partial charge in [0, 0.05) is 14.1 Å². The van der Waals surface area contributed by atoms with E-state index in [1.165, 1.54) is 18.1 Å². The normalized spacial score (nSPS) is 17.9. The molecule has 2 heterocycles. The van der Waals surface area contributed by atoms with Crippen LogP contribution in [0.25, 0.3) is 0 Å². The van der Waals surface area contributed by atoms with Crippen molar-refractivity contribution in [2.45, 2.75) is 11.7 Å². The smallest absolute Gasteiger partial charge is 0.356 e. The van der Waals surface area contributed by atoms with Crippen LogP contribution in [0.4, 0.5) is 10.2 Å². The van der Waals surface area contributed by atoms with E-state index < -0.39 is 22.7 Å². The molecule has 1 unspecified atom stereocenters. The second kappa shape index (κ2) is 6.00. The lowest BCUT2D eigenvalue weighted by molar-refractivity contribution is 0.0904. The predicted molar refractivity (Wildman–Crippen MR) is 76.1 cm³/mol. The van der Waals surface area contributed by atoms with Gasteiger partial charge in [0.15, 0.2) is 11.6 Å². The van der Waals surface area contributed by atoms with Crippen molar-refractivity contribution in [2.24, 2.45) is 4.99 Å². The number of aliphatic imine (C=N–C) groups is 1. The van der Waals surface area contributed by atoms with Crippen LogP contribution in [0.15, 0.2) is 27.5 Å². The van der Waals surface area contributed by atoms with Crippen LogP contribution >= 0.6 is 11.8 Å². The summed E-state index contributed by atoms with van der Waals surface area (Å²) in [5, 5.41) is 1.39. The number of aromatic nitrogens is 2. The Balaban J connectivity index is 2.30. The first-order chi connectivity index (χ1) is 9.49. The summed E-state index contributed by atoms with van der Waals surface area (Å²) in [6, 6.07) is 0. The van der Waals surface area contributed by atoms with Gasteiger partial charge in [0.25, 0.3) is 0 Å². The maximum atomic E-state index is 13.8. The van der Waals surface area contributed by atoms with Crippen LogP contribution in [0.5, 0.6) is 0 Å². The molecule has 0 saturated carbocycles. The summed E-state index contributed by atoms with van der Waals surface area (Å²) in [4.78, 5) is 32.6. The molecule has 0 radical (unpaired) electrons. The molecule has 0 fully saturated rings. The standard InChI is InChI=1S/C12H13FN4O2S/c1-16(2)7-14-10-8(13)6-17(12(19)15-10)11(18)9-4-3-5-20-9/h3,5-7,9H,4H2,1-2H3. The van der Waals surface area contributed by atoms with Gasteiger partial charge in [-0.3, -0.25) is 4.79 Å². The van der Waals surface area contributed by atoms with Gasteiger partial charge >= 0.3 is 5.69 Å². The Morgan fingerprint density at radius 3 is 3.00 bits per heavy atom. The molecule has 1 aliphatic heterocycles. The van der Waals surface area contributed by atoms with Crippen molar-refractivity contribution in [3.05, 3.63) is 34.0 Å². The van der Waals surface area contributed by atoms with E-state index in [0.29, 0.717) is 11.0 Å². The van der Waals surface area contributed by atoms with E-state index in [1.54, 1.807) is 24.4 Å². The molecule has 20 heavy (non-hydrogen) atoms. The number of nitrogens with zero attached hydrogens (tertiary/aromatic N) is 4. The summed E-state index contributed by atoms with van der Waals surface area (Å²) in [6.07, 6.45) is 4.53. The van der Waals surface area contributed by atoms with E-state index in [4.69, 9.17) is 0 Å². The molecule has 1 atom stereocenters. The highest BCUT2D eigenvalue weighted by molar-refractivity contribution is 8.03. The van der Waals surface area contributed by atoms with Crippen LogP contribution in [0.2, 0.25) is 0 Å². The first-order valence-electron chi connectivity index (χ1n) is 5.83. The molecule has 2 rings (SSSR count). The molecule has 1 aromatic rings. The van der Waals surface area contributed by atoms with Gasteiger partial charge in [-0.1, -0.05) is 6.08 Å². The van der Waals surface area contributed by atoms with Gasteiger partial charge < -0.3 is 4.90 Å². The van der Waals surface area contributed by atoms with E-state index in [-0.39, 0.29) is 5.82 Å². The summed E-state index contributed by atoms with van der Waals surface area (Å²) >= 11 is 1.30. The first kappa shape index (κ1) is 14.4. The van der Waals surface area contributed by atoms with E-state index in [0.717, 1.165) is 6.20 Å². The number of halogens is 1. The van der Waals surface area contributed by atoms with Crippen molar-refractivity contribution in [1.29, 1.82) is 0 Å². The topological polar surface area (TPSA) is 67.6 Å². The van der Waals surface area contributed by atoms with Gasteiger partial charge in [0.2, 0.25) is 5.91 Å². The van der Waals surface area contributed by atoms with Crippen molar-refractivity contribution < 1.29 is 9.18 Å². The van der Waals surface area contributed by atoms with E-state index in [9.17, 15) is 14.0 Å². The third kappa shape index (κ3) is 3.13. The average Bonchev–Trinajstić information content (AvgIpc) is 2.92. The molecule has 0 bridgehead atoms. The van der Waals surface area contributed by atoms with E-state index in [2.05, 4.69) is 9.98 Å². The van der Waals surface area contributed by atoms with Crippen molar-refractivity contribution in [3.8, 4) is 0 Å². The summed E-state index contributed by atoms with van der Waals surface area (Å²) in [5.74, 6) is -1.61. The lowest BCUT2D eigenvalue weighted by Gasteiger charge is -2.09. The fourth-order valence-electron chi connectivity index (χ4n) is 1.54. The van der Waals surface area contributed by atoms with Gasteiger partial charge in [0.1, 0.15) is 0 Å². The Morgan fingerprint density at radius 1 is 1.65 bits per heavy atom. The zero-order chi connectivity index (χ0) is 14.7. The van der Waals surface area contributed by atoms with Gasteiger partial charge in [-0.25, -0.2) is 18.7 Å². The molecular weight excluding hydrogens is 283 g/mol. The number of allylic oxidation sites excluding steroid dienone is 1. The monoisotopic (exact) mass is 296 g/mol. The highest BCUT2D eigenvalue weighted by atomic mass is 32.2. The van der Waals surface area contributed by atoms with Crippen LogP contribution in [-0.4, -0.2) is 46.0 Å². The second-order valence-electron chi connectivity index (χ2n) is 4.34. The quantitative estimate of drug-likeness (QED) is 0.620. The van der Waals surface area contributed by atoms with Gasteiger partial charge in [-0.15, -0.1) is 11.8 Å². The number of hydrogen-bond donors (Lipinski definition) is 0. The SMILES string of the molecule is CN(C)C=Nc1nc(=O)n(C(=O)C2CC=CS2)cc1F. The number of thioether (sulfide) groups is 1. The highest BCUT2D eigenvalue weighted by Gasteiger charge is 2.24. The minimum Gasteiger partial charge on any atom is -0.369 e. The summed E-state index contributed by atoms with van der Waals surface area (Å²) in [5.41, 5.74) is -0.824. The average molecular weight is 296 g/mol. The molecule has 0 amide bonds. The Kier molecular flexibility index (Phi) is 4.33. The van der Waals surface area contributed by atoms with E-state index in [1.807, 2.05) is 6.08 Å². The molecule has 6 nitrogen and oxygen atoms in total. The third-order valence-corrected chi connectivity index (χ3v) is 3.55. The second-order valence-corrected chi connectivity index (χ2v) is 5.46. The minimum atomic E-state index is -0.824. The predicted octanol–water partition coefficient (Wildman–Crippen LogP) is 1.26. The molecule has 1 aromatic heterocycles. The van der Waals surface area contributed by atoms with Crippen molar-refractivity contribution in [1.82, 2.24) is 14.5 Å². The highest BCUT2D eigenvalue weighted by Crippen LogP contribution is 2.25. The van der Waals surface area contributed by atoms with Crippen LogP contribution in [0.3, 0.4) is 0 Å². The maximum absolute atomic E-state index is 13.8. The fraction of sp³-hybridized carbons (Fsp3) is 0.333. The third-order valence-electron chi connectivity index (χ3n) is 2.48. The summed E-state index contributed by atoms with van der Waals surface area (Å²) in [6.45, 7) is 0. The largest absolute Gasteiger partial charge is 0.369 e. The molecule has 0 N–H and O–H groups in total. The number of carbonyl (C=O) groups is 1.